The number of aryl methyl sites for hydroxylation is 1. The molecule has 18 heavy (non-hydrogen) atoms. The summed E-state index contributed by atoms with van der Waals surface area (Å²) in [4.78, 5) is 32.3. The molecule has 1 rings (SSSR count). The molecule has 6 heteroatoms. The first-order valence-electron chi connectivity index (χ1n) is 5.77. The van der Waals surface area contributed by atoms with Gasteiger partial charge in [-0.25, -0.2) is 4.98 Å². The minimum Gasteiger partial charge on any atom is -0.481 e. The van der Waals surface area contributed by atoms with Crippen molar-refractivity contribution in [3.8, 4) is 0 Å². The van der Waals surface area contributed by atoms with Gasteiger partial charge in [0.05, 0.1) is 18.3 Å². The molecule has 1 N–H and O–H groups in total. The molecule has 1 aromatic heterocycles. The Labute approximate surface area is 106 Å². The first kappa shape index (κ1) is 14.1. The van der Waals surface area contributed by atoms with E-state index in [1.807, 2.05) is 0 Å². The Morgan fingerprint density at radius 3 is 2.50 bits per heavy atom. The van der Waals surface area contributed by atoms with Crippen LogP contribution in [0.1, 0.15) is 36.5 Å². The molecule has 0 aliphatic heterocycles. The van der Waals surface area contributed by atoms with E-state index in [-0.39, 0.29) is 24.1 Å². The van der Waals surface area contributed by atoms with Crippen molar-refractivity contribution in [2.24, 2.45) is 0 Å². The number of amides is 1. The smallest absolute Gasteiger partial charge is 0.305 e. The van der Waals surface area contributed by atoms with E-state index in [0.29, 0.717) is 6.54 Å². The molecule has 0 saturated carbocycles. The lowest BCUT2D eigenvalue weighted by Gasteiger charge is -2.26. The van der Waals surface area contributed by atoms with Crippen molar-refractivity contribution >= 4 is 11.9 Å². The fourth-order valence-electron chi connectivity index (χ4n) is 1.67. The summed E-state index contributed by atoms with van der Waals surface area (Å²) in [5.41, 5.74) is 0.966. The van der Waals surface area contributed by atoms with Crippen LogP contribution in [0.5, 0.6) is 0 Å². The van der Waals surface area contributed by atoms with Crippen molar-refractivity contribution in [2.75, 3.05) is 6.54 Å². The molecule has 0 fully saturated rings. The maximum Gasteiger partial charge on any atom is 0.305 e. The highest BCUT2D eigenvalue weighted by Crippen LogP contribution is 2.08. The lowest BCUT2D eigenvalue weighted by Crippen LogP contribution is -2.40. The summed E-state index contributed by atoms with van der Waals surface area (Å²) < 4.78 is 0. The number of hydrogen-bond acceptors (Lipinski definition) is 4. The predicted molar refractivity (Wildman–Crippen MR) is 65.2 cm³/mol. The van der Waals surface area contributed by atoms with Gasteiger partial charge in [-0.1, -0.05) is 0 Å². The van der Waals surface area contributed by atoms with Gasteiger partial charge in [0.1, 0.15) is 5.69 Å². The first-order valence-corrected chi connectivity index (χ1v) is 5.77. The number of rotatable bonds is 5. The molecular formula is C12H17N3O3. The average molecular weight is 251 g/mol. The van der Waals surface area contributed by atoms with Gasteiger partial charge in [0, 0.05) is 18.8 Å². The predicted octanol–water partition coefficient (Wildman–Crippen LogP) is 1.11. The van der Waals surface area contributed by atoms with Gasteiger partial charge in [-0.15, -0.1) is 0 Å². The molecule has 1 unspecified atom stereocenters. The fourth-order valence-corrected chi connectivity index (χ4v) is 1.67. The standard InChI is InChI=1S/C12H17N3O3/c1-4-15(9(3)5-11(16)17)12(18)10-7-13-8(2)6-14-10/h6-7,9H,4-5H2,1-3H3,(H,16,17). The van der Waals surface area contributed by atoms with E-state index in [9.17, 15) is 9.59 Å². The highest BCUT2D eigenvalue weighted by molar-refractivity contribution is 5.92. The quantitative estimate of drug-likeness (QED) is 0.847. The van der Waals surface area contributed by atoms with E-state index in [2.05, 4.69) is 9.97 Å². The van der Waals surface area contributed by atoms with Crippen LogP contribution in [0.2, 0.25) is 0 Å². The fraction of sp³-hybridized carbons (Fsp3) is 0.500. The van der Waals surface area contributed by atoms with E-state index >= 15 is 0 Å². The van der Waals surface area contributed by atoms with Crippen molar-refractivity contribution < 1.29 is 14.7 Å². The molecule has 0 aromatic carbocycles. The third-order valence-electron chi connectivity index (χ3n) is 2.60. The number of carbonyl (C=O) groups is 2. The molecule has 1 amide bonds. The highest BCUT2D eigenvalue weighted by atomic mass is 16.4. The number of carboxylic acid groups (broad SMARTS) is 1. The molecule has 6 nitrogen and oxygen atoms in total. The van der Waals surface area contributed by atoms with Crippen LogP contribution in [0.15, 0.2) is 12.4 Å². The second-order valence-electron chi connectivity index (χ2n) is 4.08. The zero-order valence-corrected chi connectivity index (χ0v) is 10.8. The van der Waals surface area contributed by atoms with Crippen molar-refractivity contribution in [1.82, 2.24) is 14.9 Å². The van der Waals surface area contributed by atoms with Gasteiger partial charge in [0.25, 0.3) is 5.91 Å². The topological polar surface area (TPSA) is 83.4 Å². The van der Waals surface area contributed by atoms with Crippen molar-refractivity contribution in [2.45, 2.75) is 33.2 Å². The third-order valence-corrected chi connectivity index (χ3v) is 2.60. The molecule has 0 saturated heterocycles. The number of carboxylic acids is 1. The highest BCUT2D eigenvalue weighted by Gasteiger charge is 2.22. The lowest BCUT2D eigenvalue weighted by atomic mass is 10.2. The second kappa shape index (κ2) is 6.09. The van der Waals surface area contributed by atoms with Crippen LogP contribution < -0.4 is 0 Å². The van der Waals surface area contributed by atoms with Gasteiger partial charge in [-0.2, -0.15) is 0 Å². The molecule has 98 valence electrons. The van der Waals surface area contributed by atoms with E-state index in [1.54, 1.807) is 20.8 Å². The van der Waals surface area contributed by atoms with Crippen LogP contribution in [0.3, 0.4) is 0 Å². The number of aliphatic carboxylic acids is 1. The van der Waals surface area contributed by atoms with E-state index in [1.165, 1.54) is 17.3 Å². The second-order valence-corrected chi connectivity index (χ2v) is 4.08. The Bertz CT molecular complexity index is 431. The third kappa shape index (κ3) is 3.51. The van der Waals surface area contributed by atoms with Crippen molar-refractivity contribution in [3.63, 3.8) is 0 Å². The van der Waals surface area contributed by atoms with Crippen LogP contribution in [0, 0.1) is 6.92 Å². The summed E-state index contributed by atoms with van der Waals surface area (Å²) in [5, 5.41) is 8.75. The summed E-state index contributed by atoms with van der Waals surface area (Å²) >= 11 is 0. The SMILES string of the molecule is CCN(C(=O)c1cnc(C)cn1)C(C)CC(=O)O. The Morgan fingerprint density at radius 2 is 2.06 bits per heavy atom. The van der Waals surface area contributed by atoms with Crippen LogP contribution in [0.25, 0.3) is 0 Å². The lowest BCUT2D eigenvalue weighted by molar-refractivity contribution is -0.138. The normalized spacial score (nSPS) is 11.9. The Kier molecular flexibility index (Phi) is 4.76. The Morgan fingerprint density at radius 1 is 1.39 bits per heavy atom. The number of nitrogens with zero attached hydrogens (tertiary/aromatic N) is 3. The molecule has 0 aliphatic carbocycles. The van der Waals surface area contributed by atoms with Crippen LogP contribution >= 0.6 is 0 Å². The van der Waals surface area contributed by atoms with Gasteiger partial charge < -0.3 is 10.0 Å². The van der Waals surface area contributed by atoms with Crippen molar-refractivity contribution in [1.29, 1.82) is 0 Å². The number of aromatic nitrogens is 2. The molecule has 0 aliphatic rings. The molecule has 0 spiro atoms. The van der Waals surface area contributed by atoms with Crippen LogP contribution in [-0.4, -0.2) is 44.4 Å². The summed E-state index contributed by atoms with van der Waals surface area (Å²) in [6.45, 7) is 5.73. The zero-order chi connectivity index (χ0) is 13.7. The van der Waals surface area contributed by atoms with E-state index in [0.717, 1.165) is 5.69 Å². The number of carbonyl (C=O) groups excluding carboxylic acids is 1. The van der Waals surface area contributed by atoms with E-state index in [4.69, 9.17) is 5.11 Å². The Balaban J connectivity index is 2.85. The van der Waals surface area contributed by atoms with Gasteiger partial charge in [0.15, 0.2) is 0 Å². The Hall–Kier alpha value is -1.98. The van der Waals surface area contributed by atoms with Crippen molar-refractivity contribution in [3.05, 3.63) is 23.8 Å². The van der Waals surface area contributed by atoms with Crippen LogP contribution in [-0.2, 0) is 4.79 Å². The first-order chi connectivity index (χ1) is 8.45. The average Bonchev–Trinajstić information content (AvgIpc) is 2.29. The maximum atomic E-state index is 12.1. The van der Waals surface area contributed by atoms with Gasteiger partial charge in [-0.05, 0) is 20.8 Å². The van der Waals surface area contributed by atoms with E-state index < -0.39 is 5.97 Å². The zero-order valence-electron chi connectivity index (χ0n) is 10.8. The molecule has 0 radical (unpaired) electrons. The minimum absolute atomic E-state index is 0.0845. The summed E-state index contributed by atoms with van der Waals surface area (Å²) in [6, 6.07) is -0.372. The summed E-state index contributed by atoms with van der Waals surface area (Å²) in [5.74, 6) is -1.22. The molecule has 0 bridgehead atoms. The monoisotopic (exact) mass is 251 g/mol. The number of hydrogen-bond donors (Lipinski definition) is 1. The summed E-state index contributed by atoms with van der Waals surface area (Å²) in [6.07, 6.45) is 2.84. The molecule has 1 atom stereocenters. The van der Waals surface area contributed by atoms with Gasteiger partial charge >= 0.3 is 5.97 Å². The summed E-state index contributed by atoms with van der Waals surface area (Å²) in [7, 11) is 0. The van der Waals surface area contributed by atoms with Gasteiger partial charge in [-0.3, -0.25) is 14.6 Å². The maximum absolute atomic E-state index is 12.1. The minimum atomic E-state index is -0.927. The van der Waals surface area contributed by atoms with Gasteiger partial charge in [0.2, 0.25) is 0 Å². The van der Waals surface area contributed by atoms with Crippen LogP contribution in [0.4, 0.5) is 0 Å². The molecule has 1 aromatic rings. The largest absolute Gasteiger partial charge is 0.481 e. The molecular weight excluding hydrogens is 234 g/mol. The molecule has 1 heterocycles.